The summed E-state index contributed by atoms with van der Waals surface area (Å²) in [7, 11) is 0. The third kappa shape index (κ3) is 9.80. The van der Waals surface area contributed by atoms with Crippen LogP contribution >= 0.6 is 11.8 Å². The van der Waals surface area contributed by atoms with E-state index in [2.05, 4.69) is 51.8 Å². The summed E-state index contributed by atoms with van der Waals surface area (Å²) in [5.74, 6) is -1.58. The quantitative estimate of drug-likeness (QED) is 0.0651. The van der Waals surface area contributed by atoms with E-state index in [1.807, 2.05) is 11.8 Å². The molecule has 2 saturated heterocycles. The van der Waals surface area contributed by atoms with Crippen LogP contribution in [0.4, 0.5) is 16.4 Å². The molecule has 2 fully saturated rings. The molecule has 0 bridgehead atoms. The van der Waals surface area contributed by atoms with Crippen LogP contribution in [-0.2, 0) is 20.9 Å². The van der Waals surface area contributed by atoms with Gasteiger partial charge in [0.1, 0.15) is 6.04 Å². The highest BCUT2D eigenvalue weighted by molar-refractivity contribution is 8.00. The van der Waals surface area contributed by atoms with Crippen molar-refractivity contribution in [2.75, 3.05) is 29.9 Å². The molecule has 5 amide bonds. The summed E-state index contributed by atoms with van der Waals surface area (Å²) >= 11 is 1.84. The second-order valence-electron chi connectivity index (χ2n) is 11.9. The topological polar surface area (TPSA) is 275 Å². The Hall–Kier alpha value is -5.46. The second-order valence-corrected chi connectivity index (χ2v) is 13.2. The normalized spacial score (nSPS) is 18.4. The SMILES string of the molecule is Nc1nc2ncc(CNc3ccc(C(=O)N[C@@H](CCC(=O)NCCNC(=O)CCCC[C@@H]4SC[C@@H]5NC(=O)N[C@@H]54)C(=O)O)cc3)nc2c(=O)[nH]1. The molecule has 0 spiro atoms. The Morgan fingerprint density at radius 2 is 1.74 bits per heavy atom. The van der Waals surface area contributed by atoms with Crippen LogP contribution in [0.1, 0.15) is 54.6 Å². The van der Waals surface area contributed by atoms with Gasteiger partial charge in [0.2, 0.25) is 17.8 Å². The van der Waals surface area contributed by atoms with Crippen molar-refractivity contribution < 1.29 is 29.1 Å². The molecule has 0 saturated carbocycles. The Balaban J connectivity index is 0.954. The van der Waals surface area contributed by atoms with E-state index in [-0.39, 0.29) is 79.2 Å². The highest BCUT2D eigenvalue weighted by Crippen LogP contribution is 2.33. The lowest BCUT2D eigenvalue weighted by atomic mass is 10.0. The van der Waals surface area contributed by atoms with Crippen LogP contribution in [0.15, 0.2) is 35.3 Å². The molecule has 0 aliphatic carbocycles. The van der Waals surface area contributed by atoms with Crippen LogP contribution in [0, 0.1) is 0 Å². The molecule has 266 valence electrons. The summed E-state index contributed by atoms with van der Waals surface area (Å²) in [4.78, 5) is 87.2. The van der Waals surface area contributed by atoms with E-state index in [0.29, 0.717) is 23.1 Å². The second kappa shape index (κ2) is 16.8. The van der Waals surface area contributed by atoms with Gasteiger partial charge in [-0.15, -0.1) is 0 Å². The minimum Gasteiger partial charge on any atom is -0.480 e. The minimum atomic E-state index is -1.29. The predicted molar refractivity (Wildman–Crippen MR) is 184 cm³/mol. The maximum atomic E-state index is 12.7. The standard InChI is InChI=1S/C31H39N11O7S/c32-30-41-26-25(28(46)42-30)37-18(14-36-26)13-35-17-7-5-16(6-8-17)27(45)38-19(29(47)48)9-10-23(44)34-12-11-33-22(43)4-2-1-3-21-24-20(15-50-21)39-31(49)40-24/h5-8,14,19-21,24,35H,1-4,9-13,15H2,(H,33,43)(H,34,44)(H,38,45)(H,47,48)(H2,39,40,49)(H3,32,36,41,42,46)/t19-,20-,21-,24-/m0/s1. The number of benzene rings is 1. The third-order valence-corrected chi connectivity index (χ3v) is 9.73. The van der Waals surface area contributed by atoms with Gasteiger partial charge in [0, 0.05) is 48.2 Å². The number of carboxylic acids is 1. The van der Waals surface area contributed by atoms with Gasteiger partial charge in [-0.3, -0.25) is 24.2 Å². The number of anilines is 2. The largest absolute Gasteiger partial charge is 0.480 e. The number of fused-ring (bicyclic) bond motifs is 2. The number of aromatic nitrogens is 4. The molecular weight excluding hydrogens is 670 g/mol. The Morgan fingerprint density at radius 1 is 1.00 bits per heavy atom. The Morgan fingerprint density at radius 3 is 2.48 bits per heavy atom. The lowest BCUT2D eigenvalue weighted by molar-refractivity contribution is -0.139. The average Bonchev–Trinajstić information content (AvgIpc) is 3.65. The Bertz CT molecular complexity index is 1790. The van der Waals surface area contributed by atoms with Gasteiger partial charge in [0.05, 0.1) is 30.5 Å². The van der Waals surface area contributed by atoms with Gasteiger partial charge in [-0.1, -0.05) is 6.42 Å². The molecule has 50 heavy (non-hydrogen) atoms. The van der Waals surface area contributed by atoms with Crippen LogP contribution in [0.5, 0.6) is 0 Å². The maximum absolute atomic E-state index is 12.7. The molecular formula is C31H39N11O7S. The fourth-order valence-electron chi connectivity index (χ4n) is 5.62. The molecule has 19 heteroatoms. The van der Waals surface area contributed by atoms with Crippen molar-refractivity contribution in [1.29, 1.82) is 0 Å². The number of aliphatic carboxylic acids is 1. The van der Waals surface area contributed by atoms with Crippen LogP contribution in [-0.4, -0.2) is 97.0 Å². The average molecular weight is 710 g/mol. The lowest BCUT2D eigenvalue weighted by Crippen LogP contribution is -2.42. The fraction of sp³-hybridized carbons (Fsp3) is 0.452. The minimum absolute atomic E-state index is 0.0515. The fourth-order valence-corrected chi connectivity index (χ4v) is 7.16. The monoisotopic (exact) mass is 709 g/mol. The number of carbonyl (C=O) groups excluding carboxylic acids is 4. The van der Waals surface area contributed by atoms with Gasteiger partial charge in [-0.05, 0) is 43.5 Å². The number of urea groups is 1. The molecule has 0 radical (unpaired) electrons. The van der Waals surface area contributed by atoms with Crippen LogP contribution in [0.25, 0.3) is 11.2 Å². The number of unbranched alkanes of at least 4 members (excludes halogenated alkanes) is 1. The van der Waals surface area contributed by atoms with Gasteiger partial charge in [0.15, 0.2) is 11.2 Å². The highest BCUT2D eigenvalue weighted by Gasteiger charge is 2.42. The molecule has 0 unspecified atom stereocenters. The van der Waals surface area contributed by atoms with E-state index in [4.69, 9.17) is 5.73 Å². The first kappa shape index (κ1) is 35.8. The molecule has 2 aromatic heterocycles. The van der Waals surface area contributed by atoms with Gasteiger partial charge in [-0.25, -0.2) is 19.6 Å². The summed E-state index contributed by atoms with van der Waals surface area (Å²) in [6, 6.07) is 5.20. The first-order valence-corrected chi connectivity index (χ1v) is 17.2. The van der Waals surface area contributed by atoms with Crippen LogP contribution in [0.2, 0.25) is 0 Å². The number of nitrogens with two attached hydrogens (primary N) is 1. The van der Waals surface area contributed by atoms with Gasteiger partial charge in [0.25, 0.3) is 11.5 Å². The van der Waals surface area contributed by atoms with Crippen LogP contribution in [0.3, 0.4) is 0 Å². The number of H-pyrrole nitrogens is 1. The number of carboxylic acid groups (broad SMARTS) is 1. The third-order valence-electron chi connectivity index (χ3n) is 8.22. The smallest absolute Gasteiger partial charge is 0.326 e. The van der Waals surface area contributed by atoms with E-state index in [1.54, 1.807) is 12.1 Å². The van der Waals surface area contributed by atoms with Crippen molar-refractivity contribution in [3.63, 3.8) is 0 Å². The molecule has 2 aliphatic heterocycles. The number of rotatable bonds is 17. The van der Waals surface area contributed by atoms with Crippen molar-refractivity contribution >= 4 is 64.3 Å². The van der Waals surface area contributed by atoms with Crippen molar-refractivity contribution in [1.82, 2.24) is 46.5 Å². The Labute approximate surface area is 289 Å². The lowest BCUT2D eigenvalue weighted by Gasteiger charge is -2.16. The zero-order chi connectivity index (χ0) is 35.6. The van der Waals surface area contributed by atoms with Crippen molar-refractivity contribution in [2.45, 2.75) is 68.4 Å². The molecule has 4 atom stereocenters. The number of carbonyl (C=O) groups is 5. The maximum Gasteiger partial charge on any atom is 0.326 e. The van der Waals surface area contributed by atoms with E-state index < -0.39 is 29.4 Å². The zero-order valence-corrected chi connectivity index (χ0v) is 27.8. The number of thioether (sulfide) groups is 1. The molecule has 4 heterocycles. The zero-order valence-electron chi connectivity index (χ0n) is 27.0. The Kier molecular flexibility index (Phi) is 12.0. The molecule has 2 aliphatic rings. The number of amides is 5. The van der Waals surface area contributed by atoms with E-state index in [1.165, 1.54) is 18.3 Å². The summed E-state index contributed by atoms with van der Waals surface area (Å²) in [5.41, 5.74) is 6.51. The summed E-state index contributed by atoms with van der Waals surface area (Å²) in [6.45, 7) is 0.634. The van der Waals surface area contributed by atoms with Gasteiger partial charge < -0.3 is 42.7 Å². The van der Waals surface area contributed by atoms with Crippen molar-refractivity contribution in [2.24, 2.45) is 0 Å². The summed E-state index contributed by atoms with van der Waals surface area (Å²) < 4.78 is 0. The molecule has 5 rings (SSSR count). The number of nitrogens with one attached hydrogen (secondary N) is 7. The molecule has 10 N–H and O–H groups in total. The van der Waals surface area contributed by atoms with Crippen molar-refractivity contribution in [3.8, 4) is 0 Å². The number of nitrogens with zero attached hydrogens (tertiary/aromatic N) is 3. The molecule has 1 aromatic carbocycles. The first-order chi connectivity index (χ1) is 24.0. The van der Waals surface area contributed by atoms with E-state index in [9.17, 15) is 33.9 Å². The van der Waals surface area contributed by atoms with Crippen LogP contribution < -0.4 is 43.2 Å². The molecule has 3 aromatic rings. The predicted octanol–water partition coefficient (Wildman–Crippen LogP) is -0.171. The number of aromatic amines is 1. The first-order valence-electron chi connectivity index (χ1n) is 16.2. The number of hydrogen-bond acceptors (Lipinski definition) is 12. The van der Waals surface area contributed by atoms with Crippen molar-refractivity contribution in [3.05, 3.63) is 52.1 Å². The van der Waals surface area contributed by atoms with Gasteiger partial charge in [-0.2, -0.15) is 16.7 Å². The van der Waals surface area contributed by atoms with E-state index >= 15 is 0 Å². The number of hydrogen-bond donors (Lipinski definition) is 9. The number of nitrogen functional groups attached to an aromatic ring is 1. The highest BCUT2D eigenvalue weighted by atomic mass is 32.2. The molecule has 18 nitrogen and oxygen atoms in total. The summed E-state index contributed by atoms with van der Waals surface area (Å²) in [5, 5.41) is 26.8. The van der Waals surface area contributed by atoms with E-state index in [0.717, 1.165) is 25.0 Å². The van der Waals surface area contributed by atoms with Gasteiger partial charge >= 0.3 is 12.0 Å². The summed E-state index contributed by atoms with van der Waals surface area (Å²) in [6.07, 6.45) is 4.06.